The van der Waals surface area contributed by atoms with Gasteiger partial charge >= 0.3 is 0 Å². The van der Waals surface area contributed by atoms with Gasteiger partial charge in [0, 0.05) is 37.9 Å². The smallest absolute Gasteiger partial charge is 0.121 e. The van der Waals surface area contributed by atoms with Crippen LogP contribution >= 0.6 is 0 Å². The molecule has 193 valence electrons. The number of fused-ring (bicyclic) bond motifs is 3. The Balaban J connectivity index is 0.000000218. The number of furan rings is 1. The molecule has 4 heteroatoms. The number of aryl methyl sites for hydroxylation is 2. The van der Waals surface area contributed by atoms with Crippen LogP contribution in [0.3, 0.4) is 0 Å². The van der Waals surface area contributed by atoms with Gasteiger partial charge in [0.15, 0.2) is 0 Å². The van der Waals surface area contributed by atoms with Gasteiger partial charge in [-0.25, -0.2) is 0 Å². The zero-order valence-electron chi connectivity index (χ0n) is 22.3. The van der Waals surface area contributed by atoms with Gasteiger partial charge in [-0.2, -0.15) is 0 Å². The molecule has 6 aromatic rings. The maximum atomic E-state index is 6.23. The van der Waals surface area contributed by atoms with Crippen LogP contribution < -0.4 is 0 Å². The molecule has 38 heavy (non-hydrogen) atoms. The van der Waals surface area contributed by atoms with Gasteiger partial charge < -0.3 is 14.4 Å². The van der Waals surface area contributed by atoms with Crippen molar-refractivity contribution in [2.45, 2.75) is 40.0 Å². The van der Waals surface area contributed by atoms with E-state index in [9.17, 15) is 0 Å². The summed E-state index contributed by atoms with van der Waals surface area (Å²) in [6, 6.07) is 32.8. The van der Waals surface area contributed by atoms with Crippen molar-refractivity contribution in [1.82, 2.24) is 9.97 Å². The van der Waals surface area contributed by atoms with Gasteiger partial charge in [0.2, 0.25) is 0 Å². The Hall–Kier alpha value is -3.59. The number of nitrogens with zero attached hydrogens (tertiary/aromatic N) is 2. The van der Waals surface area contributed by atoms with E-state index in [4.69, 9.17) is 4.42 Å². The SMILES string of the molecule is Cc1cc2oc3c(-c4cc(C(C)(C)C)ccn4)[c-]ccc3c2cc1C.[Ir].[c-]1ccccc1-c1ccccn1. The first-order valence-electron chi connectivity index (χ1n) is 12.5. The summed E-state index contributed by atoms with van der Waals surface area (Å²) in [7, 11) is 0. The van der Waals surface area contributed by atoms with Crippen LogP contribution in [0.4, 0.5) is 0 Å². The van der Waals surface area contributed by atoms with E-state index in [1.165, 1.54) is 16.7 Å². The Morgan fingerprint density at radius 2 is 1.47 bits per heavy atom. The molecule has 0 aliphatic heterocycles. The predicted molar refractivity (Wildman–Crippen MR) is 152 cm³/mol. The van der Waals surface area contributed by atoms with Gasteiger partial charge in [0.1, 0.15) is 5.58 Å². The molecular formula is C34H30IrN2O-2. The summed E-state index contributed by atoms with van der Waals surface area (Å²) in [5.41, 5.74) is 9.48. The van der Waals surface area contributed by atoms with Crippen LogP contribution in [0.2, 0.25) is 0 Å². The predicted octanol–water partition coefficient (Wildman–Crippen LogP) is 8.91. The van der Waals surface area contributed by atoms with E-state index in [2.05, 4.69) is 87.1 Å². The van der Waals surface area contributed by atoms with Gasteiger partial charge in [-0.1, -0.05) is 49.9 Å². The monoisotopic (exact) mass is 675 g/mol. The van der Waals surface area contributed by atoms with Crippen LogP contribution in [0.25, 0.3) is 44.5 Å². The van der Waals surface area contributed by atoms with Crippen molar-refractivity contribution >= 4 is 21.9 Å². The molecule has 0 bridgehead atoms. The molecule has 3 heterocycles. The van der Waals surface area contributed by atoms with Crippen molar-refractivity contribution in [3.05, 3.63) is 120 Å². The third-order valence-corrected chi connectivity index (χ3v) is 6.58. The molecule has 1 radical (unpaired) electrons. The molecule has 0 aliphatic rings. The van der Waals surface area contributed by atoms with Crippen molar-refractivity contribution in [3.8, 4) is 22.5 Å². The molecule has 0 fully saturated rings. The van der Waals surface area contributed by atoms with E-state index >= 15 is 0 Å². The standard InChI is InChI=1S/C23H22NO.C11H8N.Ir/c1-14-11-19-17-7-6-8-18(22(17)25-21(19)12-15(14)2)20-13-16(9-10-24-20)23(3,4)5;1-2-6-10(7-3-1)11-8-4-5-9-12-11;/h6-7,9-13H,1-5H3;1-6,8-9H;/q2*-1;. The zero-order chi connectivity index (χ0) is 26.0. The molecule has 0 saturated heterocycles. The number of aromatic nitrogens is 2. The Morgan fingerprint density at radius 1 is 0.711 bits per heavy atom. The molecular weight excluding hydrogens is 645 g/mol. The Kier molecular flexibility index (Phi) is 8.25. The van der Waals surface area contributed by atoms with Crippen molar-refractivity contribution in [3.63, 3.8) is 0 Å². The van der Waals surface area contributed by atoms with Crippen LogP contribution in [-0.2, 0) is 25.5 Å². The molecule has 0 saturated carbocycles. The number of hydrogen-bond donors (Lipinski definition) is 0. The van der Waals surface area contributed by atoms with E-state index in [1.807, 2.05) is 54.7 Å². The van der Waals surface area contributed by atoms with Crippen molar-refractivity contribution in [2.24, 2.45) is 0 Å². The van der Waals surface area contributed by atoms with E-state index in [0.717, 1.165) is 44.5 Å². The van der Waals surface area contributed by atoms with Crippen LogP contribution in [0, 0.1) is 26.0 Å². The normalized spacial score (nSPS) is 11.1. The van der Waals surface area contributed by atoms with Gasteiger partial charge in [0.05, 0.1) is 5.58 Å². The number of rotatable bonds is 2. The van der Waals surface area contributed by atoms with Crippen molar-refractivity contribution in [1.29, 1.82) is 0 Å². The van der Waals surface area contributed by atoms with Gasteiger partial charge in [0.25, 0.3) is 0 Å². The Morgan fingerprint density at radius 3 is 2.18 bits per heavy atom. The second-order valence-corrected chi connectivity index (χ2v) is 10.3. The molecule has 3 aromatic heterocycles. The molecule has 0 atom stereocenters. The molecule has 6 rings (SSSR count). The minimum atomic E-state index is 0. The van der Waals surface area contributed by atoms with Crippen LogP contribution in [0.15, 0.2) is 95.7 Å². The topological polar surface area (TPSA) is 38.9 Å². The summed E-state index contributed by atoms with van der Waals surface area (Å²) in [4.78, 5) is 8.81. The van der Waals surface area contributed by atoms with E-state index in [1.54, 1.807) is 6.20 Å². The van der Waals surface area contributed by atoms with Crippen LogP contribution in [-0.4, -0.2) is 9.97 Å². The van der Waals surface area contributed by atoms with Crippen LogP contribution in [0.5, 0.6) is 0 Å². The summed E-state index contributed by atoms with van der Waals surface area (Å²) < 4.78 is 6.23. The first-order chi connectivity index (χ1) is 17.8. The average molecular weight is 675 g/mol. The quantitative estimate of drug-likeness (QED) is 0.172. The molecule has 0 spiro atoms. The van der Waals surface area contributed by atoms with Gasteiger partial charge in [-0.15, -0.1) is 54.1 Å². The third kappa shape index (κ3) is 5.77. The second kappa shape index (κ2) is 11.4. The number of hydrogen-bond acceptors (Lipinski definition) is 3. The van der Waals surface area contributed by atoms with Crippen molar-refractivity contribution < 1.29 is 24.5 Å². The summed E-state index contributed by atoms with van der Waals surface area (Å²) >= 11 is 0. The van der Waals surface area contributed by atoms with Gasteiger partial charge in [-0.05, 0) is 71.6 Å². The van der Waals surface area contributed by atoms with E-state index < -0.39 is 0 Å². The fourth-order valence-electron chi connectivity index (χ4n) is 4.30. The maximum absolute atomic E-state index is 6.23. The summed E-state index contributed by atoms with van der Waals surface area (Å²) in [5.74, 6) is 0. The maximum Gasteiger partial charge on any atom is 0.121 e. The molecule has 0 aliphatic carbocycles. The summed E-state index contributed by atoms with van der Waals surface area (Å²) in [6.45, 7) is 10.9. The molecule has 0 N–H and O–H groups in total. The molecule has 0 amide bonds. The summed E-state index contributed by atoms with van der Waals surface area (Å²) in [5, 5.41) is 2.27. The average Bonchev–Trinajstić information content (AvgIpc) is 3.27. The Labute approximate surface area is 238 Å². The third-order valence-electron chi connectivity index (χ3n) is 6.58. The second-order valence-electron chi connectivity index (χ2n) is 10.3. The molecule has 0 unspecified atom stereocenters. The van der Waals surface area contributed by atoms with E-state index in [0.29, 0.717) is 0 Å². The van der Waals surface area contributed by atoms with Gasteiger partial charge in [-0.3, -0.25) is 0 Å². The molecule has 3 nitrogen and oxygen atoms in total. The summed E-state index contributed by atoms with van der Waals surface area (Å²) in [6.07, 6.45) is 3.66. The zero-order valence-corrected chi connectivity index (χ0v) is 24.7. The van der Waals surface area contributed by atoms with E-state index in [-0.39, 0.29) is 25.5 Å². The Bertz CT molecular complexity index is 1630. The largest absolute Gasteiger partial charge is 0.501 e. The fourth-order valence-corrected chi connectivity index (χ4v) is 4.30. The van der Waals surface area contributed by atoms with Crippen LogP contribution in [0.1, 0.15) is 37.5 Å². The number of benzene rings is 3. The fraction of sp³-hybridized carbons (Fsp3) is 0.176. The minimum absolute atomic E-state index is 0. The first kappa shape index (κ1) is 27.4. The first-order valence-corrected chi connectivity index (χ1v) is 12.5. The number of pyridine rings is 2. The minimum Gasteiger partial charge on any atom is -0.501 e. The molecule has 3 aromatic carbocycles. The van der Waals surface area contributed by atoms with Crippen molar-refractivity contribution in [2.75, 3.05) is 0 Å².